The summed E-state index contributed by atoms with van der Waals surface area (Å²) in [5.74, 6) is 0. The topological polar surface area (TPSA) is 15.3 Å². The van der Waals surface area contributed by atoms with Gasteiger partial charge in [0.05, 0.1) is 0 Å². The van der Waals surface area contributed by atoms with E-state index >= 15 is 0 Å². The van der Waals surface area contributed by atoms with Gasteiger partial charge in [-0.15, -0.1) is 0 Å². The van der Waals surface area contributed by atoms with Gasteiger partial charge in [-0.25, -0.2) is 0 Å². The summed E-state index contributed by atoms with van der Waals surface area (Å²) >= 11 is 0. The van der Waals surface area contributed by atoms with Crippen LogP contribution < -0.4 is 5.32 Å². The first-order valence-electron chi connectivity index (χ1n) is 5.27. The van der Waals surface area contributed by atoms with Gasteiger partial charge in [0.25, 0.3) is 0 Å². The Labute approximate surface area is 75.3 Å². The molecule has 0 aromatic carbocycles. The summed E-state index contributed by atoms with van der Waals surface area (Å²) in [6.07, 6.45) is 5.52. The average molecular weight is 168 g/mol. The fourth-order valence-corrected chi connectivity index (χ4v) is 2.54. The normalized spacial score (nSPS) is 30.8. The number of piperidine rings is 1. The maximum Gasteiger partial charge on any atom is 0.0205 e. The van der Waals surface area contributed by atoms with Gasteiger partial charge in [0.2, 0.25) is 0 Å². The quantitative estimate of drug-likeness (QED) is 0.633. The molecule has 70 valence electrons. The number of likely N-dealkylation sites (tertiary alicyclic amines) is 1. The van der Waals surface area contributed by atoms with E-state index in [-0.39, 0.29) is 0 Å². The fraction of sp³-hybridized carbons (Fsp3) is 1.00. The van der Waals surface area contributed by atoms with E-state index in [0.29, 0.717) is 5.54 Å². The molecule has 2 saturated heterocycles. The number of nitrogens with zero attached hydrogens (tertiary/aromatic N) is 1. The van der Waals surface area contributed by atoms with Gasteiger partial charge in [0.15, 0.2) is 0 Å². The minimum absolute atomic E-state index is 0.530. The lowest BCUT2D eigenvalue weighted by Gasteiger charge is -2.42. The van der Waals surface area contributed by atoms with Crippen LogP contribution in [-0.2, 0) is 0 Å². The Morgan fingerprint density at radius 3 is 2.25 bits per heavy atom. The summed E-state index contributed by atoms with van der Waals surface area (Å²) in [5.41, 5.74) is 0.530. The van der Waals surface area contributed by atoms with Gasteiger partial charge in [-0.3, -0.25) is 4.90 Å². The van der Waals surface area contributed by atoms with Gasteiger partial charge in [-0.05, 0) is 58.8 Å². The summed E-state index contributed by atoms with van der Waals surface area (Å²) in [4.78, 5) is 2.70. The van der Waals surface area contributed by atoms with Crippen LogP contribution in [-0.4, -0.2) is 36.6 Å². The second kappa shape index (κ2) is 3.35. The van der Waals surface area contributed by atoms with E-state index in [2.05, 4.69) is 17.1 Å². The zero-order chi connectivity index (χ0) is 8.44. The van der Waals surface area contributed by atoms with Crippen molar-refractivity contribution in [1.29, 1.82) is 0 Å². The van der Waals surface area contributed by atoms with Gasteiger partial charge in [-0.2, -0.15) is 0 Å². The fourth-order valence-electron chi connectivity index (χ4n) is 2.54. The van der Waals surface area contributed by atoms with Crippen molar-refractivity contribution in [1.82, 2.24) is 10.2 Å². The van der Waals surface area contributed by atoms with E-state index in [0.717, 1.165) is 0 Å². The Morgan fingerprint density at radius 2 is 1.67 bits per heavy atom. The van der Waals surface area contributed by atoms with Crippen LogP contribution in [0.4, 0.5) is 0 Å². The lowest BCUT2D eigenvalue weighted by molar-refractivity contribution is 0.0983. The highest BCUT2D eigenvalue weighted by Gasteiger charge is 2.34. The molecular formula is C10H20N2. The van der Waals surface area contributed by atoms with Crippen LogP contribution in [0.2, 0.25) is 0 Å². The van der Waals surface area contributed by atoms with Crippen molar-refractivity contribution in [3.05, 3.63) is 0 Å². The van der Waals surface area contributed by atoms with Gasteiger partial charge in [0.1, 0.15) is 0 Å². The minimum Gasteiger partial charge on any atom is -0.317 e. The SMILES string of the molecule is CC1(N2CCCC2)CCNCC1. The smallest absolute Gasteiger partial charge is 0.0205 e. The highest BCUT2D eigenvalue weighted by Crippen LogP contribution is 2.28. The van der Waals surface area contributed by atoms with Crippen LogP contribution in [0.5, 0.6) is 0 Å². The zero-order valence-corrected chi connectivity index (χ0v) is 8.10. The van der Waals surface area contributed by atoms with E-state index in [1.54, 1.807) is 0 Å². The Bertz CT molecular complexity index is 144. The Kier molecular flexibility index (Phi) is 2.37. The van der Waals surface area contributed by atoms with Crippen molar-refractivity contribution < 1.29 is 0 Å². The van der Waals surface area contributed by atoms with E-state index in [1.807, 2.05) is 0 Å². The highest BCUT2D eigenvalue weighted by atomic mass is 15.2. The second-order valence-corrected chi connectivity index (χ2v) is 4.44. The van der Waals surface area contributed by atoms with Crippen LogP contribution in [0.1, 0.15) is 32.6 Å². The largest absolute Gasteiger partial charge is 0.317 e. The van der Waals surface area contributed by atoms with Crippen molar-refractivity contribution in [2.75, 3.05) is 26.2 Å². The summed E-state index contributed by atoms with van der Waals surface area (Å²) in [6, 6.07) is 0. The maximum atomic E-state index is 3.44. The van der Waals surface area contributed by atoms with Crippen molar-refractivity contribution >= 4 is 0 Å². The predicted octanol–water partition coefficient (Wildman–Crippen LogP) is 1.22. The molecule has 0 atom stereocenters. The van der Waals surface area contributed by atoms with Crippen molar-refractivity contribution in [2.45, 2.75) is 38.1 Å². The van der Waals surface area contributed by atoms with Crippen LogP contribution in [0, 0.1) is 0 Å². The van der Waals surface area contributed by atoms with Crippen molar-refractivity contribution in [2.24, 2.45) is 0 Å². The predicted molar refractivity (Wildman–Crippen MR) is 51.3 cm³/mol. The van der Waals surface area contributed by atoms with Crippen LogP contribution >= 0.6 is 0 Å². The second-order valence-electron chi connectivity index (χ2n) is 4.44. The molecule has 0 saturated carbocycles. The van der Waals surface area contributed by atoms with E-state index in [4.69, 9.17) is 0 Å². The molecule has 0 aliphatic carbocycles. The molecule has 2 aliphatic rings. The first-order chi connectivity index (χ1) is 5.81. The molecule has 2 aliphatic heterocycles. The molecular weight excluding hydrogens is 148 g/mol. The third kappa shape index (κ3) is 1.50. The summed E-state index contributed by atoms with van der Waals surface area (Å²) in [6.45, 7) is 7.56. The molecule has 2 rings (SSSR count). The van der Waals surface area contributed by atoms with E-state index in [9.17, 15) is 0 Å². The first-order valence-corrected chi connectivity index (χ1v) is 5.27. The van der Waals surface area contributed by atoms with Crippen LogP contribution in [0.3, 0.4) is 0 Å². The molecule has 0 unspecified atom stereocenters. The lowest BCUT2D eigenvalue weighted by atomic mass is 9.89. The van der Waals surface area contributed by atoms with Gasteiger partial charge < -0.3 is 5.32 Å². The number of nitrogens with one attached hydrogen (secondary N) is 1. The van der Waals surface area contributed by atoms with E-state index < -0.39 is 0 Å². The summed E-state index contributed by atoms with van der Waals surface area (Å²) < 4.78 is 0. The monoisotopic (exact) mass is 168 g/mol. The zero-order valence-electron chi connectivity index (χ0n) is 8.10. The molecule has 2 fully saturated rings. The maximum absolute atomic E-state index is 3.44. The molecule has 2 heterocycles. The molecule has 12 heavy (non-hydrogen) atoms. The van der Waals surface area contributed by atoms with Crippen molar-refractivity contribution in [3.63, 3.8) is 0 Å². The van der Waals surface area contributed by atoms with Gasteiger partial charge in [-0.1, -0.05) is 0 Å². The number of rotatable bonds is 1. The summed E-state index contributed by atoms with van der Waals surface area (Å²) in [5, 5.41) is 3.44. The van der Waals surface area contributed by atoms with Gasteiger partial charge in [0, 0.05) is 5.54 Å². The Hall–Kier alpha value is -0.0800. The molecule has 0 aromatic rings. The standard InChI is InChI=1S/C10H20N2/c1-10(4-6-11-7-5-10)12-8-2-3-9-12/h11H,2-9H2,1H3. The minimum atomic E-state index is 0.530. The average Bonchev–Trinajstić information content (AvgIpc) is 2.58. The molecule has 1 N–H and O–H groups in total. The Balaban J connectivity index is 1.97. The Morgan fingerprint density at radius 1 is 1.08 bits per heavy atom. The van der Waals surface area contributed by atoms with Crippen LogP contribution in [0.15, 0.2) is 0 Å². The number of hydrogen-bond donors (Lipinski definition) is 1. The molecule has 0 spiro atoms. The molecule has 0 radical (unpaired) electrons. The first kappa shape index (κ1) is 8.52. The lowest BCUT2D eigenvalue weighted by Crippen LogP contribution is -2.51. The van der Waals surface area contributed by atoms with Gasteiger partial charge >= 0.3 is 0 Å². The number of hydrogen-bond acceptors (Lipinski definition) is 2. The molecule has 0 amide bonds. The molecule has 0 aromatic heterocycles. The van der Waals surface area contributed by atoms with E-state index in [1.165, 1.54) is 51.9 Å². The van der Waals surface area contributed by atoms with Crippen LogP contribution in [0.25, 0.3) is 0 Å². The highest BCUT2D eigenvalue weighted by molar-refractivity contribution is 4.92. The molecule has 2 heteroatoms. The molecule has 0 bridgehead atoms. The summed E-state index contributed by atoms with van der Waals surface area (Å²) in [7, 11) is 0. The van der Waals surface area contributed by atoms with Crippen molar-refractivity contribution in [3.8, 4) is 0 Å². The third-order valence-corrected chi connectivity index (χ3v) is 3.55. The molecule has 2 nitrogen and oxygen atoms in total. The third-order valence-electron chi connectivity index (χ3n) is 3.55.